The van der Waals surface area contributed by atoms with Crippen LogP contribution in [0.15, 0.2) is 41.8 Å². The van der Waals surface area contributed by atoms with Gasteiger partial charge in [0.05, 0.1) is 23.2 Å². The predicted octanol–water partition coefficient (Wildman–Crippen LogP) is 3.78. The Bertz CT molecular complexity index is 749. The zero-order valence-corrected chi connectivity index (χ0v) is 11.1. The average molecular weight is 269 g/mol. The van der Waals surface area contributed by atoms with Gasteiger partial charge < -0.3 is 4.74 Å². The standard InChI is InChI=1S/C15H11NO2S/c1-18-12-3-5-14-10(6-12)2-4-15(16-14)11-7-13(8-17)19-9-11/h2-9H,1H3. The van der Waals surface area contributed by atoms with Crippen molar-refractivity contribution in [3.63, 3.8) is 0 Å². The number of hydrogen-bond donors (Lipinski definition) is 0. The van der Waals surface area contributed by atoms with E-state index in [1.165, 1.54) is 11.3 Å². The van der Waals surface area contributed by atoms with Crippen LogP contribution in [0.1, 0.15) is 9.67 Å². The molecule has 0 aliphatic carbocycles. The molecule has 4 heteroatoms. The van der Waals surface area contributed by atoms with Gasteiger partial charge in [-0.2, -0.15) is 0 Å². The number of carbonyl (C=O) groups is 1. The molecule has 0 saturated carbocycles. The van der Waals surface area contributed by atoms with Crippen molar-refractivity contribution < 1.29 is 9.53 Å². The van der Waals surface area contributed by atoms with Crippen LogP contribution in [0.2, 0.25) is 0 Å². The van der Waals surface area contributed by atoms with Gasteiger partial charge in [-0.05, 0) is 30.3 Å². The summed E-state index contributed by atoms with van der Waals surface area (Å²) in [4.78, 5) is 16.0. The van der Waals surface area contributed by atoms with Crippen molar-refractivity contribution in [1.29, 1.82) is 0 Å². The molecule has 19 heavy (non-hydrogen) atoms. The first-order chi connectivity index (χ1) is 9.30. The minimum Gasteiger partial charge on any atom is -0.497 e. The fraction of sp³-hybridized carbons (Fsp3) is 0.0667. The van der Waals surface area contributed by atoms with E-state index < -0.39 is 0 Å². The number of aromatic nitrogens is 1. The number of hydrogen-bond acceptors (Lipinski definition) is 4. The summed E-state index contributed by atoms with van der Waals surface area (Å²) < 4.78 is 5.19. The number of pyridine rings is 1. The molecule has 3 nitrogen and oxygen atoms in total. The maximum atomic E-state index is 10.7. The normalized spacial score (nSPS) is 10.6. The summed E-state index contributed by atoms with van der Waals surface area (Å²) in [7, 11) is 1.65. The molecule has 3 rings (SSSR count). The summed E-state index contributed by atoms with van der Waals surface area (Å²) >= 11 is 1.43. The van der Waals surface area contributed by atoms with E-state index in [-0.39, 0.29) is 0 Å². The predicted molar refractivity (Wildman–Crippen MR) is 77.0 cm³/mol. The smallest absolute Gasteiger partial charge is 0.160 e. The van der Waals surface area contributed by atoms with Crippen LogP contribution in [0.5, 0.6) is 5.75 Å². The molecule has 3 aromatic rings. The van der Waals surface area contributed by atoms with Gasteiger partial charge in [-0.3, -0.25) is 4.79 Å². The third-order valence-electron chi connectivity index (χ3n) is 2.93. The molecule has 0 atom stereocenters. The molecule has 0 radical (unpaired) electrons. The largest absolute Gasteiger partial charge is 0.497 e. The van der Waals surface area contributed by atoms with E-state index in [1.54, 1.807) is 7.11 Å². The molecular formula is C15H11NO2S. The van der Waals surface area contributed by atoms with Gasteiger partial charge in [0.25, 0.3) is 0 Å². The van der Waals surface area contributed by atoms with Gasteiger partial charge >= 0.3 is 0 Å². The van der Waals surface area contributed by atoms with Crippen LogP contribution in [0.3, 0.4) is 0 Å². The molecule has 0 spiro atoms. The lowest BCUT2D eigenvalue weighted by atomic mass is 10.1. The molecule has 0 aliphatic rings. The summed E-state index contributed by atoms with van der Waals surface area (Å²) in [6.45, 7) is 0. The minimum atomic E-state index is 0.714. The Hall–Kier alpha value is -2.20. The lowest BCUT2D eigenvalue weighted by Crippen LogP contribution is -1.86. The number of benzene rings is 1. The summed E-state index contributed by atoms with van der Waals surface area (Å²) in [6.07, 6.45) is 0.861. The molecule has 0 fully saturated rings. The monoisotopic (exact) mass is 269 g/mol. The van der Waals surface area contributed by atoms with E-state index in [2.05, 4.69) is 4.98 Å². The lowest BCUT2D eigenvalue weighted by molar-refractivity contribution is 0.112. The number of methoxy groups -OCH3 is 1. The fourth-order valence-electron chi connectivity index (χ4n) is 1.94. The highest BCUT2D eigenvalue weighted by molar-refractivity contribution is 7.12. The number of ether oxygens (including phenoxy) is 1. The van der Waals surface area contributed by atoms with Gasteiger partial charge in [0.1, 0.15) is 5.75 Å². The molecule has 0 saturated heterocycles. The van der Waals surface area contributed by atoms with E-state index in [1.807, 2.05) is 41.8 Å². The highest BCUT2D eigenvalue weighted by Gasteiger charge is 2.05. The molecular weight excluding hydrogens is 258 g/mol. The van der Waals surface area contributed by atoms with Crippen LogP contribution < -0.4 is 4.74 Å². The first-order valence-electron chi connectivity index (χ1n) is 5.79. The van der Waals surface area contributed by atoms with Crippen molar-refractivity contribution in [2.24, 2.45) is 0 Å². The second-order valence-electron chi connectivity index (χ2n) is 4.11. The number of carbonyl (C=O) groups excluding carboxylic acids is 1. The van der Waals surface area contributed by atoms with E-state index in [4.69, 9.17) is 4.74 Å². The van der Waals surface area contributed by atoms with Gasteiger partial charge in [0.15, 0.2) is 6.29 Å². The SMILES string of the molecule is COc1ccc2nc(-c3csc(C=O)c3)ccc2c1. The summed E-state index contributed by atoms with van der Waals surface area (Å²) in [6, 6.07) is 11.6. The van der Waals surface area contributed by atoms with Gasteiger partial charge in [-0.25, -0.2) is 4.98 Å². The second kappa shape index (κ2) is 4.82. The molecule has 0 N–H and O–H groups in total. The number of rotatable bonds is 3. The maximum absolute atomic E-state index is 10.7. The van der Waals surface area contributed by atoms with Gasteiger partial charge in [-0.1, -0.05) is 6.07 Å². The summed E-state index contributed by atoms with van der Waals surface area (Å²) in [5.74, 6) is 0.820. The van der Waals surface area contributed by atoms with Crippen molar-refractivity contribution in [3.8, 4) is 17.0 Å². The van der Waals surface area contributed by atoms with Crippen LogP contribution in [0, 0.1) is 0 Å². The Balaban J connectivity index is 2.08. The second-order valence-corrected chi connectivity index (χ2v) is 5.05. The zero-order valence-electron chi connectivity index (χ0n) is 10.3. The molecule has 0 bridgehead atoms. The lowest BCUT2D eigenvalue weighted by Gasteiger charge is -2.03. The van der Waals surface area contributed by atoms with Gasteiger partial charge in [0, 0.05) is 16.3 Å². The summed E-state index contributed by atoms with van der Waals surface area (Å²) in [5.41, 5.74) is 2.77. The van der Waals surface area contributed by atoms with Crippen molar-refractivity contribution in [2.75, 3.05) is 7.11 Å². The van der Waals surface area contributed by atoms with Crippen LogP contribution in [-0.2, 0) is 0 Å². The Morgan fingerprint density at radius 1 is 1.21 bits per heavy atom. The average Bonchev–Trinajstić information content (AvgIpc) is 2.95. The van der Waals surface area contributed by atoms with Gasteiger partial charge in [-0.15, -0.1) is 11.3 Å². The quantitative estimate of drug-likeness (QED) is 0.679. The van der Waals surface area contributed by atoms with Crippen LogP contribution in [0.25, 0.3) is 22.2 Å². The third kappa shape index (κ3) is 2.22. The Kier molecular flexibility index (Phi) is 3.01. The molecule has 2 heterocycles. The first kappa shape index (κ1) is 11.9. The third-order valence-corrected chi connectivity index (χ3v) is 3.79. The van der Waals surface area contributed by atoms with E-state index in [0.717, 1.165) is 34.2 Å². The van der Waals surface area contributed by atoms with Crippen LogP contribution in [-0.4, -0.2) is 18.4 Å². The summed E-state index contributed by atoms with van der Waals surface area (Å²) in [5, 5.41) is 2.98. The van der Waals surface area contributed by atoms with Crippen LogP contribution >= 0.6 is 11.3 Å². The molecule has 1 aromatic carbocycles. The Labute approximate surface area is 114 Å². The van der Waals surface area contributed by atoms with Crippen LogP contribution in [0.4, 0.5) is 0 Å². The van der Waals surface area contributed by atoms with Crippen molar-refractivity contribution in [1.82, 2.24) is 4.98 Å². The van der Waals surface area contributed by atoms with Crippen molar-refractivity contribution in [2.45, 2.75) is 0 Å². The van der Waals surface area contributed by atoms with E-state index >= 15 is 0 Å². The minimum absolute atomic E-state index is 0.714. The Morgan fingerprint density at radius 2 is 2.11 bits per heavy atom. The number of fused-ring (bicyclic) bond motifs is 1. The topological polar surface area (TPSA) is 39.2 Å². The van der Waals surface area contributed by atoms with Crippen molar-refractivity contribution >= 4 is 28.5 Å². The maximum Gasteiger partial charge on any atom is 0.160 e. The molecule has 0 amide bonds. The number of nitrogens with zero attached hydrogens (tertiary/aromatic N) is 1. The first-order valence-corrected chi connectivity index (χ1v) is 6.67. The highest BCUT2D eigenvalue weighted by atomic mass is 32.1. The van der Waals surface area contributed by atoms with E-state index in [9.17, 15) is 4.79 Å². The fourth-order valence-corrected chi connectivity index (χ4v) is 2.64. The molecule has 94 valence electrons. The zero-order chi connectivity index (χ0) is 13.2. The molecule has 2 aromatic heterocycles. The number of thiophene rings is 1. The number of aldehydes is 1. The molecule has 0 unspecified atom stereocenters. The van der Waals surface area contributed by atoms with Gasteiger partial charge in [0.2, 0.25) is 0 Å². The highest BCUT2D eigenvalue weighted by Crippen LogP contribution is 2.26. The Morgan fingerprint density at radius 3 is 2.84 bits per heavy atom. The molecule has 0 aliphatic heterocycles. The van der Waals surface area contributed by atoms with Crippen molar-refractivity contribution in [3.05, 3.63) is 46.7 Å². The van der Waals surface area contributed by atoms with E-state index in [0.29, 0.717) is 4.88 Å².